The number of likely N-dealkylation sites (tertiary alicyclic amines) is 1. The van der Waals surface area contributed by atoms with Crippen LogP contribution in [0.25, 0.3) is 0 Å². The summed E-state index contributed by atoms with van der Waals surface area (Å²) in [6.45, 7) is 6.00. The first-order valence-electron chi connectivity index (χ1n) is 9.36. The summed E-state index contributed by atoms with van der Waals surface area (Å²) in [4.78, 5) is 14.7. The fourth-order valence-electron chi connectivity index (χ4n) is 3.99. The third-order valence-corrected chi connectivity index (χ3v) is 7.03. The van der Waals surface area contributed by atoms with Gasteiger partial charge in [-0.25, -0.2) is 0 Å². The van der Waals surface area contributed by atoms with Gasteiger partial charge < -0.3 is 14.8 Å². The van der Waals surface area contributed by atoms with E-state index in [1.54, 1.807) is 0 Å². The fourth-order valence-corrected chi connectivity index (χ4v) is 5.04. The molecule has 0 spiro atoms. The van der Waals surface area contributed by atoms with Crippen molar-refractivity contribution in [2.45, 2.75) is 58.4 Å². The minimum absolute atomic E-state index is 0.0928. The summed E-state index contributed by atoms with van der Waals surface area (Å²) in [5.74, 6) is 0.866. The van der Waals surface area contributed by atoms with E-state index in [1.165, 1.54) is 37.4 Å². The largest absolute Gasteiger partial charge is 0.358 e. The Kier molecular flexibility index (Phi) is 6.25. The van der Waals surface area contributed by atoms with Crippen molar-refractivity contribution < 1.29 is 4.79 Å². The van der Waals surface area contributed by atoms with Crippen LogP contribution in [0.1, 0.15) is 61.4 Å². The quantitative estimate of drug-likeness (QED) is 0.783. The molecule has 1 amide bonds. The second-order valence-electron chi connectivity index (χ2n) is 7.15. The molecule has 2 fully saturated rings. The number of nitriles is 1. The number of carbonyl (C=O) groups is 1. The Morgan fingerprint density at radius 2 is 1.92 bits per heavy atom. The van der Waals surface area contributed by atoms with E-state index < -0.39 is 0 Å². The molecule has 26 heavy (non-hydrogen) atoms. The Morgan fingerprint density at radius 1 is 1.27 bits per heavy atom. The van der Waals surface area contributed by atoms with Crippen molar-refractivity contribution in [3.8, 4) is 6.07 Å². The highest BCUT2D eigenvalue weighted by Gasteiger charge is 2.27. The van der Waals surface area contributed by atoms with Gasteiger partial charge >= 0.3 is 0 Å². The molecule has 2 heterocycles. The lowest BCUT2D eigenvalue weighted by Crippen LogP contribution is -2.26. The van der Waals surface area contributed by atoms with Gasteiger partial charge in [0.1, 0.15) is 16.2 Å². The van der Waals surface area contributed by atoms with Crippen LogP contribution in [0.2, 0.25) is 0 Å². The van der Waals surface area contributed by atoms with Crippen molar-refractivity contribution >= 4 is 40.0 Å². The number of hydrogen-bond acceptors (Lipinski definition) is 4. The minimum atomic E-state index is -0.0928. The smallest absolute Gasteiger partial charge is 0.235 e. The lowest BCUT2D eigenvalue weighted by atomic mass is 10.2. The molecule has 1 saturated heterocycles. The molecule has 1 N–H and O–H groups in total. The number of aromatic nitrogens is 1. The van der Waals surface area contributed by atoms with Gasteiger partial charge in [-0.15, -0.1) is 0 Å². The summed E-state index contributed by atoms with van der Waals surface area (Å²) >= 11 is 6.85. The second-order valence-corrected chi connectivity index (χ2v) is 8.76. The summed E-state index contributed by atoms with van der Waals surface area (Å²) in [6, 6.07) is 2.67. The van der Waals surface area contributed by atoms with Crippen molar-refractivity contribution in [1.82, 2.24) is 9.47 Å². The van der Waals surface area contributed by atoms with E-state index in [0.717, 1.165) is 41.5 Å². The molecule has 7 heteroatoms. The maximum absolute atomic E-state index is 12.6. The van der Waals surface area contributed by atoms with Crippen molar-refractivity contribution in [2.24, 2.45) is 0 Å². The molecule has 1 saturated carbocycles. The molecule has 1 aromatic rings. The van der Waals surface area contributed by atoms with Crippen molar-refractivity contribution in [1.29, 1.82) is 5.26 Å². The van der Waals surface area contributed by atoms with Crippen LogP contribution < -0.4 is 5.32 Å². The number of amides is 1. The van der Waals surface area contributed by atoms with Crippen LogP contribution in [0.5, 0.6) is 0 Å². The van der Waals surface area contributed by atoms with Crippen LogP contribution in [0.15, 0.2) is 0 Å². The topological polar surface area (TPSA) is 61.1 Å². The van der Waals surface area contributed by atoms with Gasteiger partial charge in [-0.2, -0.15) is 5.26 Å². The van der Waals surface area contributed by atoms with Gasteiger partial charge in [0, 0.05) is 24.8 Å². The summed E-state index contributed by atoms with van der Waals surface area (Å²) in [5.41, 5.74) is 2.65. The highest BCUT2D eigenvalue weighted by atomic mass is 32.2. The third-order valence-electron chi connectivity index (χ3n) is 5.51. The Hall–Kier alpha value is -1.52. The zero-order valence-corrected chi connectivity index (χ0v) is 17.1. The first-order valence-corrected chi connectivity index (χ1v) is 10.8. The molecule has 2 aliphatic rings. The molecule has 0 unspecified atom stereocenters. The zero-order valence-electron chi connectivity index (χ0n) is 15.5. The van der Waals surface area contributed by atoms with Gasteiger partial charge in [0.25, 0.3) is 0 Å². The Balaban J connectivity index is 1.71. The first kappa shape index (κ1) is 19.2. The SMILES string of the molecule is Cc1c(C#N)c(NC(=O)CSC(=S)N2CCCC2)n(C2CCCC2)c1C. The molecule has 140 valence electrons. The lowest BCUT2D eigenvalue weighted by molar-refractivity contribution is -0.113. The lowest BCUT2D eigenvalue weighted by Gasteiger charge is -2.20. The van der Waals surface area contributed by atoms with Crippen LogP contribution in [0.3, 0.4) is 0 Å². The van der Waals surface area contributed by atoms with E-state index in [9.17, 15) is 10.1 Å². The maximum atomic E-state index is 12.6. The maximum Gasteiger partial charge on any atom is 0.235 e. The molecule has 1 aliphatic carbocycles. The van der Waals surface area contributed by atoms with Crippen LogP contribution in [0.4, 0.5) is 5.82 Å². The number of hydrogen-bond donors (Lipinski definition) is 1. The number of carbonyl (C=O) groups excluding carboxylic acids is 1. The molecule has 0 aromatic carbocycles. The monoisotopic (exact) mass is 390 g/mol. The minimum Gasteiger partial charge on any atom is -0.358 e. The van der Waals surface area contributed by atoms with Gasteiger partial charge in [0.15, 0.2) is 0 Å². The molecule has 1 aromatic heterocycles. The standard InChI is InChI=1S/C19H26N4OS2/c1-13-14(2)23(15-7-3-4-8-15)18(16(13)11-20)21-17(24)12-26-19(25)22-9-5-6-10-22/h15H,3-10,12H2,1-2H3,(H,21,24). The molecular weight excluding hydrogens is 364 g/mol. The molecule has 5 nitrogen and oxygen atoms in total. The van der Waals surface area contributed by atoms with Crippen LogP contribution in [0, 0.1) is 25.2 Å². The van der Waals surface area contributed by atoms with E-state index in [2.05, 4.69) is 20.9 Å². The van der Waals surface area contributed by atoms with Gasteiger partial charge in [-0.1, -0.05) is 36.8 Å². The van der Waals surface area contributed by atoms with E-state index >= 15 is 0 Å². The predicted molar refractivity (Wildman–Crippen MR) is 111 cm³/mol. The van der Waals surface area contributed by atoms with Crippen molar-refractivity contribution in [2.75, 3.05) is 24.2 Å². The van der Waals surface area contributed by atoms with Crippen LogP contribution in [-0.4, -0.2) is 38.5 Å². The van der Waals surface area contributed by atoms with E-state index in [1.807, 2.05) is 13.8 Å². The predicted octanol–water partition coefficient (Wildman–Crippen LogP) is 4.14. The summed E-state index contributed by atoms with van der Waals surface area (Å²) < 4.78 is 2.99. The van der Waals surface area contributed by atoms with Crippen molar-refractivity contribution in [3.63, 3.8) is 0 Å². The third kappa shape index (κ3) is 3.91. The molecular formula is C19H26N4OS2. The first-order chi connectivity index (χ1) is 12.5. The van der Waals surface area contributed by atoms with Gasteiger partial charge in [-0.3, -0.25) is 4.79 Å². The highest BCUT2D eigenvalue weighted by Crippen LogP contribution is 2.37. The molecule has 1 aliphatic heterocycles. The number of nitrogens with one attached hydrogen (secondary N) is 1. The van der Waals surface area contributed by atoms with E-state index in [-0.39, 0.29) is 11.7 Å². The highest BCUT2D eigenvalue weighted by molar-refractivity contribution is 8.23. The number of rotatable bonds is 4. The normalized spacial score (nSPS) is 17.5. The average molecular weight is 391 g/mol. The van der Waals surface area contributed by atoms with E-state index in [4.69, 9.17) is 12.2 Å². The molecule has 0 radical (unpaired) electrons. The summed E-state index contributed by atoms with van der Waals surface area (Å²) in [5, 5.41) is 12.6. The number of anilines is 1. The van der Waals surface area contributed by atoms with Gasteiger partial charge in [-0.05, 0) is 45.1 Å². The summed E-state index contributed by atoms with van der Waals surface area (Å²) in [7, 11) is 0. The fraction of sp³-hybridized carbons (Fsp3) is 0.632. The van der Waals surface area contributed by atoms with Crippen molar-refractivity contribution in [3.05, 3.63) is 16.8 Å². The van der Waals surface area contributed by atoms with Crippen LogP contribution >= 0.6 is 24.0 Å². The summed E-state index contributed by atoms with van der Waals surface area (Å²) in [6.07, 6.45) is 6.97. The van der Waals surface area contributed by atoms with Crippen LogP contribution in [-0.2, 0) is 4.79 Å². The average Bonchev–Trinajstić information content (AvgIpc) is 3.36. The Morgan fingerprint density at radius 3 is 2.54 bits per heavy atom. The zero-order chi connectivity index (χ0) is 18.7. The Labute approximate surface area is 165 Å². The number of thiocarbonyl (C=S) groups is 1. The molecule has 0 bridgehead atoms. The molecule has 3 rings (SSSR count). The second kappa shape index (κ2) is 8.45. The van der Waals surface area contributed by atoms with E-state index in [0.29, 0.717) is 17.4 Å². The van der Waals surface area contributed by atoms with Gasteiger partial charge in [0.2, 0.25) is 5.91 Å². The Bertz CT molecular complexity index is 738. The molecule has 0 atom stereocenters. The van der Waals surface area contributed by atoms with Gasteiger partial charge in [0.05, 0.1) is 11.3 Å². The number of thioether (sulfide) groups is 1. The number of nitrogens with zero attached hydrogens (tertiary/aromatic N) is 3.